The molecule has 4 rings (SSSR count). The van der Waals surface area contributed by atoms with Crippen LogP contribution in [0.25, 0.3) is 5.57 Å². The second-order valence-corrected chi connectivity index (χ2v) is 13.6. The molecular weight excluding hydrogens is 717 g/mol. The first-order valence-corrected chi connectivity index (χ1v) is 20.6. The van der Waals surface area contributed by atoms with Crippen molar-refractivity contribution in [3.63, 3.8) is 0 Å². The Morgan fingerprint density at radius 1 is 1.16 bits per heavy atom. The Balaban J connectivity index is 0. The molecule has 0 spiro atoms. The third-order valence-electron chi connectivity index (χ3n) is 7.53. The Hall–Kier alpha value is -2.90. The van der Waals surface area contributed by atoms with E-state index < -0.39 is 34.2 Å². The lowest BCUT2D eigenvalue weighted by atomic mass is 9.84. The minimum atomic E-state index is -1.98. The first-order chi connectivity index (χ1) is 24.1. The number of rotatable bonds is 8. The zero-order chi connectivity index (χ0) is 39.9. The van der Waals surface area contributed by atoms with Crippen molar-refractivity contribution >= 4 is 67.4 Å². The monoisotopic (exact) mass is 779 g/mol. The Morgan fingerprint density at radius 2 is 1.75 bits per heavy atom. The number of phenols is 1. The normalized spacial score (nSPS) is 16.6. The topological polar surface area (TPSA) is 157 Å². The number of nitrogens with one attached hydrogen (secondary N) is 3. The maximum atomic E-state index is 15.0. The molecule has 1 aromatic carbocycles. The molecule has 1 saturated carbocycles. The maximum Gasteiger partial charge on any atom is 0.407 e. The highest BCUT2D eigenvalue weighted by atomic mass is 32.7. The minimum Gasteiger partial charge on any atom is -0.506 e. The average Bonchev–Trinajstić information content (AvgIpc) is 3.68. The van der Waals surface area contributed by atoms with Crippen LogP contribution in [0.5, 0.6) is 5.75 Å². The standard InChI is InChI=1S/C15H15FN4O5S.C10H21NO2.C6H12.2C2H6.H3PS/c16-14-10(9-3-4-19(6-9)13(24)5-17-8-21)1-2-11(22)15(14)20-7-12(23)18-26(20)25;1-7(2)8(3)11-9(12)13-10(4,5)6;1-2-6-4-3-5-6;3*1-2/h1-3,8,22H,4-7H2,(H,17,21)(H,18,23);7-8H,1-6H3,(H,11,12);6H,2-5H2,1H3;2*1-2H3;2H,1H2. The zero-order valence-electron chi connectivity index (χ0n) is 32.3. The first kappa shape index (κ1) is 50.2. The van der Waals surface area contributed by atoms with Crippen LogP contribution in [0.15, 0.2) is 18.2 Å². The lowest BCUT2D eigenvalue weighted by molar-refractivity contribution is -0.130. The van der Waals surface area contributed by atoms with Crippen molar-refractivity contribution in [1.29, 1.82) is 0 Å². The van der Waals surface area contributed by atoms with Crippen LogP contribution in [0.3, 0.4) is 0 Å². The molecule has 2 aliphatic heterocycles. The number of hydrogen-bond acceptors (Lipinski definition) is 8. The SMILES string of the molecule is CC.CC.CC(C)C(C)NC(=O)OC(C)(C)C.CCC1CCC1.O=CNCC(=O)N1CC=C(c2ccc(O)c(N3CC(=O)NS3=O)c2F)C1.PS. The highest BCUT2D eigenvalue weighted by Gasteiger charge is 2.33. The number of aromatic hydroxyl groups is 1. The largest absolute Gasteiger partial charge is 0.506 e. The predicted octanol–water partition coefficient (Wildman–Crippen LogP) is 6.53. The molecule has 0 radical (unpaired) electrons. The number of anilines is 1. The first-order valence-electron chi connectivity index (χ1n) is 17.5. The number of carbonyl (C=O) groups excluding carboxylic acids is 4. The van der Waals surface area contributed by atoms with Crippen molar-refractivity contribution in [1.82, 2.24) is 20.3 Å². The number of halogens is 1. The van der Waals surface area contributed by atoms with Crippen LogP contribution >= 0.6 is 20.7 Å². The predicted molar refractivity (Wildman–Crippen MR) is 213 cm³/mol. The van der Waals surface area contributed by atoms with E-state index in [9.17, 15) is 32.9 Å². The van der Waals surface area contributed by atoms with Gasteiger partial charge in [0.15, 0.2) is 5.82 Å². The lowest BCUT2D eigenvalue weighted by Crippen LogP contribution is -2.39. The van der Waals surface area contributed by atoms with E-state index in [-0.39, 0.29) is 55.5 Å². The smallest absolute Gasteiger partial charge is 0.407 e. The Bertz CT molecular complexity index is 1270. The summed E-state index contributed by atoms with van der Waals surface area (Å²) >= 11 is 1.46. The Morgan fingerprint density at radius 3 is 2.16 bits per heavy atom. The molecular formula is C35H63FN5O7PS2. The molecule has 2 heterocycles. The second kappa shape index (κ2) is 26.8. The van der Waals surface area contributed by atoms with Gasteiger partial charge in [-0.1, -0.05) is 88.7 Å². The van der Waals surface area contributed by atoms with E-state index in [0.29, 0.717) is 17.9 Å². The number of thiol groups is 1. The van der Waals surface area contributed by atoms with Gasteiger partial charge in [0.05, 0.1) is 6.54 Å². The van der Waals surface area contributed by atoms with Crippen molar-refractivity contribution in [2.45, 2.75) is 113 Å². The lowest BCUT2D eigenvalue weighted by Gasteiger charge is -2.23. The number of nitrogens with zero attached hydrogens (tertiary/aromatic N) is 2. The summed E-state index contributed by atoms with van der Waals surface area (Å²) < 4.78 is 35.0. The van der Waals surface area contributed by atoms with E-state index in [2.05, 4.69) is 56.8 Å². The number of amides is 4. The van der Waals surface area contributed by atoms with Crippen molar-refractivity contribution in [3.8, 4) is 5.75 Å². The molecule has 4 N–H and O–H groups in total. The summed E-state index contributed by atoms with van der Waals surface area (Å²) in [4.78, 5) is 46.2. The van der Waals surface area contributed by atoms with Crippen molar-refractivity contribution in [2.24, 2.45) is 11.8 Å². The van der Waals surface area contributed by atoms with Gasteiger partial charge in [-0.25, -0.2) is 13.4 Å². The van der Waals surface area contributed by atoms with E-state index in [0.717, 1.165) is 10.2 Å². The van der Waals surface area contributed by atoms with Gasteiger partial charge in [-0.15, -0.1) is 0 Å². The number of benzene rings is 1. The van der Waals surface area contributed by atoms with Crippen molar-refractivity contribution < 1.29 is 37.6 Å². The fraction of sp³-hybridized carbons (Fsp3) is 0.657. The summed E-state index contributed by atoms with van der Waals surface area (Å²) in [5.74, 6) is -0.609. The fourth-order valence-electron chi connectivity index (χ4n) is 4.32. The number of carbonyl (C=O) groups is 4. The highest BCUT2D eigenvalue weighted by molar-refractivity contribution is 8.31. The van der Waals surface area contributed by atoms with Crippen molar-refractivity contribution in [3.05, 3.63) is 29.6 Å². The second-order valence-electron chi connectivity index (χ2n) is 12.5. The van der Waals surface area contributed by atoms with Gasteiger partial charge in [0.2, 0.25) is 23.5 Å². The van der Waals surface area contributed by atoms with Gasteiger partial charge in [-0.05, 0) is 57.2 Å². The summed E-state index contributed by atoms with van der Waals surface area (Å²) in [6.07, 6.45) is 7.67. The number of alkyl carbamates (subject to hydrolysis) is 1. The van der Waals surface area contributed by atoms with Crippen LogP contribution in [0.2, 0.25) is 0 Å². The average molecular weight is 780 g/mol. The Kier molecular flexibility index (Phi) is 26.4. The quantitative estimate of drug-likeness (QED) is 0.114. The molecule has 12 nitrogen and oxygen atoms in total. The van der Waals surface area contributed by atoms with Gasteiger partial charge < -0.3 is 25.4 Å². The molecule has 2 fully saturated rings. The molecule has 51 heavy (non-hydrogen) atoms. The Labute approximate surface area is 315 Å². The molecule has 1 aliphatic carbocycles. The van der Waals surface area contributed by atoms with E-state index in [1.807, 2.05) is 55.4 Å². The van der Waals surface area contributed by atoms with Crippen LogP contribution in [-0.2, 0) is 30.3 Å². The number of phenolic OH excluding ortho intramolecular Hbond substituents is 1. The molecule has 1 aromatic rings. The molecule has 4 amide bonds. The molecule has 294 valence electrons. The van der Waals surface area contributed by atoms with Crippen LogP contribution in [0, 0.1) is 17.7 Å². The van der Waals surface area contributed by atoms with Crippen molar-refractivity contribution in [2.75, 3.05) is 30.5 Å². The van der Waals surface area contributed by atoms with Crippen LogP contribution in [-0.4, -0.2) is 76.4 Å². The summed E-state index contributed by atoms with van der Waals surface area (Å²) in [5.41, 5.74) is -0.117. The van der Waals surface area contributed by atoms with Gasteiger partial charge in [0.1, 0.15) is 23.6 Å². The third kappa shape index (κ3) is 18.4. The molecule has 3 unspecified atom stereocenters. The van der Waals surface area contributed by atoms with Crippen LogP contribution in [0.1, 0.15) is 107 Å². The van der Waals surface area contributed by atoms with Gasteiger partial charge >= 0.3 is 6.09 Å². The maximum absolute atomic E-state index is 15.0. The molecule has 0 bridgehead atoms. The summed E-state index contributed by atoms with van der Waals surface area (Å²) in [7, 11) is 2.11. The summed E-state index contributed by atoms with van der Waals surface area (Å²) in [6.45, 7) is 21.8. The van der Waals surface area contributed by atoms with Gasteiger partial charge in [0.25, 0.3) is 5.91 Å². The molecule has 16 heteroatoms. The van der Waals surface area contributed by atoms with E-state index >= 15 is 0 Å². The van der Waals surface area contributed by atoms with E-state index in [4.69, 9.17) is 4.74 Å². The van der Waals surface area contributed by atoms with Crippen LogP contribution < -0.4 is 19.7 Å². The van der Waals surface area contributed by atoms with E-state index in [1.165, 1.54) is 42.7 Å². The molecule has 3 atom stereocenters. The molecule has 1 saturated heterocycles. The molecule has 0 aromatic heterocycles. The van der Waals surface area contributed by atoms with Gasteiger partial charge in [-0.3, -0.25) is 23.4 Å². The van der Waals surface area contributed by atoms with Crippen LogP contribution in [0.4, 0.5) is 14.9 Å². The van der Waals surface area contributed by atoms with Gasteiger partial charge in [0, 0.05) is 24.7 Å². The van der Waals surface area contributed by atoms with E-state index in [1.54, 1.807) is 6.08 Å². The summed E-state index contributed by atoms with van der Waals surface area (Å²) in [6, 6.07) is 2.74. The number of hydrogen-bond donors (Lipinski definition) is 5. The molecule has 3 aliphatic rings. The fourth-order valence-corrected chi connectivity index (χ4v) is 5.26. The zero-order valence-corrected chi connectivity index (χ0v) is 35.2. The third-order valence-corrected chi connectivity index (χ3v) is 8.65. The minimum absolute atomic E-state index is 0.126. The summed E-state index contributed by atoms with van der Waals surface area (Å²) in [5, 5.41) is 15.0. The van der Waals surface area contributed by atoms with Gasteiger partial charge in [-0.2, -0.15) is 12.2 Å². The number of ether oxygens (including phenoxy) is 1. The highest BCUT2D eigenvalue weighted by Crippen LogP contribution is 2.37.